The molecule has 0 amide bonds. The van der Waals surface area contributed by atoms with E-state index in [1.807, 2.05) is 0 Å². The maximum atomic E-state index is 13.9. The highest BCUT2D eigenvalue weighted by atomic mass is 19.3. The summed E-state index contributed by atoms with van der Waals surface area (Å²) in [5.41, 5.74) is -0.322. The Morgan fingerprint density at radius 1 is 0.765 bits per heavy atom. The topological polar surface area (TPSA) is 0 Å². The summed E-state index contributed by atoms with van der Waals surface area (Å²) in [5, 5.41) is 0. The van der Waals surface area contributed by atoms with Crippen molar-refractivity contribution >= 4 is 0 Å². The second-order valence-corrected chi connectivity index (χ2v) is 3.76. The lowest BCUT2D eigenvalue weighted by Crippen LogP contribution is -2.20. The highest BCUT2D eigenvalue weighted by Crippen LogP contribution is 2.42. The summed E-state index contributed by atoms with van der Waals surface area (Å²) in [5.74, 6) is -3.51. The Balaban J connectivity index is 2.33. The van der Waals surface area contributed by atoms with Crippen molar-refractivity contribution in [3.63, 3.8) is 0 Å². The van der Waals surface area contributed by atoms with Crippen LogP contribution < -0.4 is 0 Å². The summed E-state index contributed by atoms with van der Waals surface area (Å²) in [6.07, 6.45) is -2.33. The first kappa shape index (κ1) is 11.7. The number of rotatable bonds is 3. The molecule has 1 atom stereocenters. The molecule has 0 heterocycles. The number of hydrogen-bond donors (Lipinski definition) is 0. The smallest absolute Gasteiger partial charge is 0.235 e. The van der Waals surface area contributed by atoms with Gasteiger partial charge in [-0.1, -0.05) is 60.7 Å². The molecule has 2 aromatic carbocycles. The van der Waals surface area contributed by atoms with Gasteiger partial charge in [-0.15, -0.1) is 0 Å². The fourth-order valence-corrected chi connectivity index (χ4v) is 1.64. The van der Waals surface area contributed by atoms with Gasteiger partial charge >= 0.3 is 5.92 Å². The molecule has 1 unspecified atom stereocenters. The number of alkyl halides is 3. The maximum Gasteiger partial charge on any atom is 0.307 e. The van der Waals surface area contributed by atoms with Crippen molar-refractivity contribution in [1.82, 2.24) is 0 Å². The van der Waals surface area contributed by atoms with Crippen molar-refractivity contribution < 1.29 is 13.2 Å². The Morgan fingerprint density at radius 2 is 1.24 bits per heavy atom. The number of hydrogen-bond acceptors (Lipinski definition) is 0. The summed E-state index contributed by atoms with van der Waals surface area (Å²) < 4.78 is 41.6. The van der Waals surface area contributed by atoms with Gasteiger partial charge in [0.05, 0.1) is 0 Å². The third-order valence-electron chi connectivity index (χ3n) is 2.57. The lowest BCUT2D eigenvalue weighted by molar-refractivity contribution is -0.0809. The van der Waals surface area contributed by atoms with E-state index < -0.39 is 12.1 Å². The van der Waals surface area contributed by atoms with Crippen molar-refractivity contribution in [2.24, 2.45) is 0 Å². The van der Waals surface area contributed by atoms with E-state index in [4.69, 9.17) is 0 Å². The summed E-state index contributed by atoms with van der Waals surface area (Å²) >= 11 is 0. The second kappa shape index (κ2) is 4.62. The molecule has 0 N–H and O–H groups in total. The van der Waals surface area contributed by atoms with E-state index in [1.54, 1.807) is 24.3 Å². The number of benzene rings is 2. The van der Waals surface area contributed by atoms with Crippen LogP contribution in [0.2, 0.25) is 0 Å². The minimum atomic E-state index is -3.51. The molecule has 17 heavy (non-hydrogen) atoms. The van der Waals surface area contributed by atoms with E-state index in [0.29, 0.717) is 0 Å². The van der Waals surface area contributed by atoms with Crippen LogP contribution in [0, 0.1) is 0 Å². The predicted octanol–water partition coefficient (Wildman–Crippen LogP) is 4.49. The van der Waals surface area contributed by atoms with E-state index in [2.05, 4.69) is 0 Å². The van der Waals surface area contributed by atoms with Crippen LogP contribution in [0.3, 0.4) is 0 Å². The van der Waals surface area contributed by atoms with Gasteiger partial charge in [0.1, 0.15) is 0 Å². The van der Waals surface area contributed by atoms with Crippen LogP contribution in [-0.2, 0) is 5.92 Å². The van der Waals surface area contributed by atoms with Gasteiger partial charge in [0.25, 0.3) is 0 Å². The molecule has 0 bridgehead atoms. The third kappa shape index (κ3) is 2.33. The monoisotopic (exact) mass is 236 g/mol. The average Bonchev–Trinajstić information content (AvgIpc) is 2.40. The molecule has 0 fully saturated rings. The van der Waals surface area contributed by atoms with Crippen LogP contribution in [0.5, 0.6) is 0 Å². The summed E-state index contributed by atoms with van der Waals surface area (Å²) in [4.78, 5) is 0. The molecule has 0 aliphatic rings. The van der Waals surface area contributed by atoms with E-state index in [-0.39, 0.29) is 11.1 Å². The first-order chi connectivity index (χ1) is 8.12. The molecule has 0 saturated heterocycles. The van der Waals surface area contributed by atoms with Gasteiger partial charge in [0.15, 0.2) is 6.17 Å². The van der Waals surface area contributed by atoms with Crippen LogP contribution in [0.15, 0.2) is 60.7 Å². The zero-order valence-corrected chi connectivity index (χ0v) is 8.98. The minimum Gasteiger partial charge on any atom is -0.235 e. The van der Waals surface area contributed by atoms with Crippen molar-refractivity contribution in [3.05, 3.63) is 71.8 Å². The molecule has 0 aromatic heterocycles. The molecule has 0 aliphatic carbocycles. The molecular formula is C14H11F3. The van der Waals surface area contributed by atoms with E-state index in [9.17, 15) is 13.2 Å². The van der Waals surface area contributed by atoms with Gasteiger partial charge in [0.2, 0.25) is 0 Å². The predicted molar refractivity (Wildman–Crippen MR) is 60.6 cm³/mol. The molecule has 3 heteroatoms. The van der Waals surface area contributed by atoms with Crippen molar-refractivity contribution in [2.75, 3.05) is 0 Å². The quantitative estimate of drug-likeness (QED) is 0.736. The molecule has 0 radical (unpaired) electrons. The van der Waals surface area contributed by atoms with Gasteiger partial charge in [-0.25, -0.2) is 4.39 Å². The van der Waals surface area contributed by atoms with Crippen LogP contribution in [0.4, 0.5) is 13.2 Å². The van der Waals surface area contributed by atoms with E-state index in [1.165, 1.54) is 36.4 Å². The molecule has 0 saturated carbocycles. The molecule has 0 spiro atoms. The molecule has 88 valence electrons. The summed E-state index contributed by atoms with van der Waals surface area (Å²) in [6.45, 7) is 0. The Morgan fingerprint density at radius 3 is 1.76 bits per heavy atom. The molecular weight excluding hydrogens is 225 g/mol. The zero-order chi connectivity index (χ0) is 12.3. The maximum absolute atomic E-state index is 13.9. The van der Waals surface area contributed by atoms with Crippen molar-refractivity contribution in [2.45, 2.75) is 12.1 Å². The van der Waals surface area contributed by atoms with Gasteiger partial charge in [-0.2, -0.15) is 8.78 Å². The van der Waals surface area contributed by atoms with E-state index in [0.717, 1.165) is 0 Å². The summed E-state index contributed by atoms with van der Waals surface area (Å²) in [6, 6.07) is 14.5. The van der Waals surface area contributed by atoms with Crippen LogP contribution in [0.25, 0.3) is 0 Å². The standard InChI is InChI=1S/C14H11F3/c15-13(11-7-3-1-4-8-11)14(16,17)12-9-5-2-6-10-12/h1-10,13H. The van der Waals surface area contributed by atoms with Crippen molar-refractivity contribution in [3.8, 4) is 0 Å². The fourth-order valence-electron chi connectivity index (χ4n) is 1.64. The van der Waals surface area contributed by atoms with Gasteiger partial charge in [0, 0.05) is 5.56 Å². The average molecular weight is 236 g/mol. The number of halogens is 3. The second-order valence-electron chi connectivity index (χ2n) is 3.76. The molecule has 0 nitrogen and oxygen atoms in total. The first-order valence-corrected chi connectivity index (χ1v) is 5.24. The van der Waals surface area contributed by atoms with Crippen LogP contribution in [-0.4, -0.2) is 0 Å². The highest BCUT2D eigenvalue weighted by molar-refractivity contribution is 5.27. The largest absolute Gasteiger partial charge is 0.307 e. The van der Waals surface area contributed by atoms with Crippen LogP contribution >= 0.6 is 0 Å². The third-order valence-corrected chi connectivity index (χ3v) is 2.57. The Labute approximate surface area is 97.7 Å². The lowest BCUT2D eigenvalue weighted by Gasteiger charge is -2.21. The van der Waals surface area contributed by atoms with Crippen molar-refractivity contribution in [1.29, 1.82) is 0 Å². The minimum absolute atomic E-state index is 0.0126. The molecule has 2 rings (SSSR count). The first-order valence-electron chi connectivity index (χ1n) is 5.24. The molecule has 2 aromatic rings. The fraction of sp³-hybridized carbons (Fsp3) is 0.143. The SMILES string of the molecule is FC(c1ccccc1)C(F)(F)c1ccccc1. The molecule has 0 aliphatic heterocycles. The van der Waals surface area contributed by atoms with Gasteiger partial charge in [-0.3, -0.25) is 0 Å². The van der Waals surface area contributed by atoms with E-state index >= 15 is 0 Å². The van der Waals surface area contributed by atoms with Gasteiger partial charge in [-0.05, 0) is 5.56 Å². The van der Waals surface area contributed by atoms with Gasteiger partial charge < -0.3 is 0 Å². The van der Waals surface area contributed by atoms with Crippen LogP contribution in [0.1, 0.15) is 17.3 Å². The zero-order valence-electron chi connectivity index (χ0n) is 8.98. The summed E-state index contributed by atoms with van der Waals surface area (Å²) in [7, 11) is 0. The lowest BCUT2D eigenvalue weighted by atomic mass is 9.98. The Bertz CT molecular complexity index is 465. The Hall–Kier alpha value is -1.77. The Kier molecular flexibility index (Phi) is 3.18. The normalized spacial score (nSPS) is 13.4. The highest BCUT2D eigenvalue weighted by Gasteiger charge is 2.42.